The van der Waals surface area contributed by atoms with Gasteiger partial charge in [-0.05, 0) is 12.5 Å². The molecule has 0 spiro atoms. The number of primary amides is 1. The van der Waals surface area contributed by atoms with Crippen molar-refractivity contribution in [2.24, 2.45) is 5.73 Å². The van der Waals surface area contributed by atoms with E-state index >= 15 is 0 Å². The minimum absolute atomic E-state index is 0.0116. The van der Waals surface area contributed by atoms with Crippen molar-refractivity contribution in [2.75, 3.05) is 7.11 Å². The topological polar surface area (TPSA) is 65.2 Å². The van der Waals surface area contributed by atoms with Crippen molar-refractivity contribution < 1.29 is 9.53 Å². The molecule has 0 aromatic carbocycles. The van der Waals surface area contributed by atoms with Gasteiger partial charge in [0.15, 0.2) is 0 Å². The number of hydrogen-bond acceptors (Lipinski definition) is 4. The number of thiazole rings is 1. The fourth-order valence-corrected chi connectivity index (χ4v) is 2.52. The summed E-state index contributed by atoms with van der Waals surface area (Å²) in [5.41, 5.74) is 5.74. The van der Waals surface area contributed by atoms with Gasteiger partial charge in [0, 0.05) is 11.6 Å². The highest BCUT2D eigenvalue weighted by atomic mass is 32.1. The molecule has 0 saturated carbocycles. The van der Waals surface area contributed by atoms with Gasteiger partial charge in [-0.1, -0.05) is 6.08 Å². The van der Waals surface area contributed by atoms with Gasteiger partial charge in [0.1, 0.15) is 10.8 Å². The van der Waals surface area contributed by atoms with Crippen LogP contribution in [-0.4, -0.2) is 18.0 Å². The Morgan fingerprint density at radius 1 is 1.69 bits per heavy atom. The Kier molecular flexibility index (Phi) is 3.05. The van der Waals surface area contributed by atoms with Gasteiger partial charge in [-0.15, -0.1) is 11.3 Å². The van der Waals surface area contributed by atoms with E-state index in [1.165, 1.54) is 0 Å². The summed E-state index contributed by atoms with van der Waals surface area (Å²) in [6.07, 6.45) is 6.17. The van der Waals surface area contributed by atoms with E-state index in [-0.39, 0.29) is 5.92 Å². The SMILES string of the molecule is COC1=C(C(N)=O)C=CCC1c1nccs1. The maximum Gasteiger partial charge on any atom is 0.252 e. The van der Waals surface area contributed by atoms with Crippen LogP contribution in [0.25, 0.3) is 0 Å². The zero-order valence-electron chi connectivity index (χ0n) is 8.84. The number of aromatic nitrogens is 1. The second-order valence-corrected chi connectivity index (χ2v) is 4.33. The molecule has 1 aromatic heterocycles. The number of rotatable bonds is 3. The van der Waals surface area contributed by atoms with Crippen LogP contribution in [0.5, 0.6) is 0 Å². The zero-order valence-corrected chi connectivity index (χ0v) is 9.66. The highest BCUT2D eigenvalue weighted by Crippen LogP contribution is 2.35. The summed E-state index contributed by atoms with van der Waals surface area (Å²) >= 11 is 1.55. The third-order valence-corrected chi connectivity index (χ3v) is 3.36. The first kappa shape index (κ1) is 10.9. The Balaban J connectivity index is 2.42. The first-order chi connectivity index (χ1) is 7.74. The molecule has 1 aromatic rings. The molecule has 1 unspecified atom stereocenters. The number of nitrogens with zero attached hydrogens (tertiary/aromatic N) is 1. The van der Waals surface area contributed by atoms with Crippen LogP contribution in [0.4, 0.5) is 0 Å². The predicted molar refractivity (Wildman–Crippen MR) is 61.8 cm³/mol. The van der Waals surface area contributed by atoms with Crippen LogP contribution in [0, 0.1) is 0 Å². The number of ether oxygens (including phenoxy) is 1. The quantitative estimate of drug-likeness (QED) is 0.866. The molecule has 4 nitrogen and oxygen atoms in total. The Morgan fingerprint density at radius 3 is 3.06 bits per heavy atom. The summed E-state index contributed by atoms with van der Waals surface area (Å²) in [6.45, 7) is 0. The van der Waals surface area contributed by atoms with E-state index in [9.17, 15) is 4.79 Å². The van der Waals surface area contributed by atoms with Crippen molar-refractivity contribution in [1.29, 1.82) is 0 Å². The number of nitrogens with two attached hydrogens (primary N) is 1. The van der Waals surface area contributed by atoms with Crippen molar-refractivity contribution in [3.05, 3.63) is 40.1 Å². The minimum Gasteiger partial charge on any atom is -0.500 e. The monoisotopic (exact) mass is 236 g/mol. The molecule has 5 heteroatoms. The standard InChI is InChI=1S/C11H12N2O2S/c1-15-9-7(10(12)14)3-2-4-8(9)11-13-5-6-16-11/h2-3,5-6,8H,4H2,1H3,(H2,12,14). The highest BCUT2D eigenvalue weighted by Gasteiger charge is 2.26. The lowest BCUT2D eigenvalue weighted by atomic mass is 9.94. The number of amides is 1. The lowest BCUT2D eigenvalue weighted by molar-refractivity contribution is -0.114. The van der Waals surface area contributed by atoms with Crippen molar-refractivity contribution in [1.82, 2.24) is 4.98 Å². The van der Waals surface area contributed by atoms with E-state index in [0.29, 0.717) is 11.3 Å². The molecular formula is C11H12N2O2S. The Bertz CT molecular complexity index is 449. The van der Waals surface area contributed by atoms with Gasteiger partial charge in [-0.3, -0.25) is 4.79 Å². The molecular weight excluding hydrogens is 224 g/mol. The van der Waals surface area contributed by atoms with Crippen LogP contribution < -0.4 is 5.73 Å². The normalized spacial score (nSPS) is 19.9. The average Bonchev–Trinajstić information content (AvgIpc) is 2.81. The van der Waals surface area contributed by atoms with E-state index in [2.05, 4.69) is 4.98 Å². The molecule has 1 atom stereocenters. The van der Waals surface area contributed by atoms with E-state index in [0.717, 1.165) is 11.4 Å². The Labute approximate surface area is 97.4 Å². The molecule has 1 aliphatic rings. The fraction of sp³-hybridized carbons (Fsp3) is 0.273. The van der Waals surface area contributed by atoms with Crippen LogP contribution in [-0.2, 0) is 9.53 Å². The summed E-state index contributed by atoms with van der Waals surface area (Å²) in [5, 5.41) is 2.85. The molecule has 0 radical (unpaired) electrons. The number of allylic oxidation sites excluding steroid dienone is 2. The summed E-state index contributed by atoms with van der Waals surface area (Å²) in [7, 11) is 1.55. The van der Waals surface area contributed by atoms with Crippen LogP contribution in [0.15, 0.2) is 35.1 Å². The third kappa shape index (κ3) is 1.86. The molecule has 0 fully saturated rings. The van der Waals surface area contributed by atoms with Gasteiger partial charge in [0.25, 0.3) is 5.91 Å². The molecule has 1 aliphatic carbocycles. The van der Waals surface area contributed by atoms with Gasteiger partial charge in [0.2, 0.25) is 0 Å². The molecule has 1 amide bonds. The second kappa shape index (κ2) is 4.49. The number of carbonyl (C=O) groups is 1. The molecule has 16 heavy (non-hydrogen) atoms. The molecule has 2 rings (SSSR count). The fourth-order valence-electron chi connectivity index (χ4n) is 1.77. The van der Waals surface area contributed by atoms with Crippen molar-refractivity contribution in [2.45, 2.75) is 12.3 Å². The van der Waals surface area contributed by atoms with E-state index in [1.807, 2.05) is 11.5 Å². The van der Waals surface area contributed by atoms with Gasteiger partial charge < -0.3 is 10.5 Å². The molecule has 0 aliphatic heterocycles. The Hall–Kier alpha value is -1.62. The smallest absolute Gasteiger partial charge is 0.252 e. The zero-order chi connectivity index (χ0) is 11.5. The molecule has 84 valence electrons. The summed E-state index contributed by atoms with van der Waals surface area (Å²) in [4.78, 5) is 15.5. The minimum atomic E-state index is -0.464. The number of hydrogen-bond donors (Lipinski definition) is 1. The summed E-state index contributed by atoms with van der Waals surface area (Å²) in [6, 6.07) is 0. The maximum absolute atomic E-state index is 11.3. The third-order valence-electron chi connectivity index (χ3n) is 2.47. The molecule has 2 N–H and O–H groups in total. The Morgan fingerprint density at radius 2 is 2.50 bits per heavy atom. The van der Waals surface area contributed by atoms with Gasteiger partial charge in [-0.2, -0.15) is 0 Å². The van der Waals surface area contributed by atoms with Crippen molar-refractivity contribution in [3.8, 4) is 0 Å². The average molecular weight is 236 g/mol. The van der Waals surface area contributed by atoms with Crippen LogP contribution in [0.1, 0.15) is 17.3 Å². The molecule has 1 heterocycles. The molecule has 0 bridgehead atoms. The van der Waals surface area contributed by atoms with E-state index in [1.54, 1.807) is 30.7 Å². The maximum atomic E-state index is 11.3. The summed E-state index contributed by atoms with van der Waals surface area (Å²) < 4.78 is 5.30. The lowest BCUT2D eigenvalue weighted by Gasteiger charge is -2.21. The van der Waals surface area contributed by atoms with E-state index in [4.69, 9.17) is 10.5 Å². The number of methoxy groups -OCH3 is 1. The van der Waals surface area contributed by atoms with Gasteiger partial charge >= 0.3 is 0 Å². The van der Waals surface area contributed by atoms with Crippen LogP contribution in [0.2, 0.25) is 0 Å². The van der Waals surface area contributed by atoms with E-state index < -0.39 is 5.91 Å². The lowest BCUT2D eigenvalue weighted by Crippen LogP contribution is -2.20. The van der Waals surface area contributed by atoms with Gasteiger partial charge in [-0.25, -0.2) is 4.98 Å². The first-order valence-corrected chi connectivity index (χ1v) is 5.76. The molecule has 0 saturated heterocycles. The van der Waals surface area contributed by atoms with Crippen LogP contribution in [0.3, 0.4) is 0 Å². The predicted octanol–water partition coefficient (Wildman–Crippen LogP) is 1.57. The van der Waals surface area contributed by atoms with Crippen molar-refractivity contribution >= 4 is 17.2 Å². The first-order valence-electron chi connectivity index (χ1n) is 4.88. The second-order valence-electron chi connectivity index (χ2n) is 3.41. The number of carbonyl (C=O) groups excluding carboxylic acids is 1. The van der Waals surface area contributed by atoms with Crippen LogP contribution >= 0.6 is 11.3 Å². The summed E-state index contributed by atoms with van der Waals surface area (Å²) in [5.74, 6) is 0.164. The largest absolute Gasteiger partial charge is 0.500 e. The highest BCUT2D eigenvalue weighted by molar-refractivity contribution is 7.09. The van der Waals surface area contributed by atoms with Crippen molar-refractivity contribution in [3.63, 3.8) is 0 Å². The van der Waals surface area contributed by atoms with Gasteiger partial charge in [0.05, 0.1) is 18.6 Å².